The smallest absolute Gasteiger partial charge is 0.339 e. The van der Waals surface area contributed by atoms with Crippen molar-refractivity contribution in [3.8, 4) is 11.1 Å². The molecule has 0 radical (unpaired) electrons. The molecule has 260 valence electrons. The molecule has 5 aromatic carbocycles. The Kier molecular flexibility index (Phi) is 11.3. The Labute approximate surface area is 301 Å². The van der Waals surface area contributed by atoms with Crippen LogP contribution in [0.3, 0.4) is 0 Å². The van der Waals surface area contributed by atoms with Crippen molar-refractivity contribution >= 4 is 35.5 Å². The first-order chi connectivity index (χ1) is 24.7. The number of amides is 1. The van der Waals surface area contributed by atoms with E-state index in [1.807, 2.05) is 85.8 Å². The molecule has 0 aliphatic rings. The van der Waals surface area contributed by atoms with Crippen LogP contribution in [0.5, 0.6) is 0 Å². The highest BCUT2D eigenvalue weighted by Crippen LogP contribution is 2.28. The van der Waals surface area contributed by atoms with Crippen molar-refractivity contribution in [2.45, 2.75) is 52.3 Å². The summed E-state index contributed by atoms with van der Waals surface area (Å²) in [5.74, 6) is -0.919. The second-order valence-corrected chi connectivity index (χ2v) is 13.0. The summed E-state index contributed by atoms with van der Waals surface area (Å²) in [6, 6.07) is 32.1. The van der Waals surface area contributed by atoms with E-state index < -0.39 is 24.2 Å². The van der Waals surface area contributed by atoms with Crippen LogP contribution in [-0.2, 0) is 30.7 Å². The van der Waals surface area contributed by atoms with Crippen LogP contribution in [0, 0.1) is 18.6 Å². The molecule has 9 heteroatoms. The second-order valence-electron chi connectivity index (χ2n) is 12.6. The molecule has 1 heterocycles. The number of carbonyl (C=O) groups excluding carboxylic acids is 2. The molecule has 0 aliphatic carbocycles. The fraction of sp³-hybridized carbons (Fsp3) is 0.214. The minimum Gasteiger partial charge on any atom is -0.457 e. The van der Waals surface area contributed by atoms with Gasteiger partial charge < -0.3 is 14.6 Å². The summed E-state index contributed by atoms with van der Waals surface area (Å²) in [5, 5.41) is 3.17. The van der Waals surface area contributed by atoms with E-state index in [9.17, 15) is 18.4 Å². The van der Waals surface area contributed by atoms with E-state index in [0.717, 1.165) is 64.1 Å². The third kappa shape index (κ3) is 8.21. The number of hydrogen-bond acceptors (Lipinski definition) is 5. The standard InChI is InChI=1S/C42H39F2N3O3S/c1-3-10-39-46-40-27(2)21-31(41(48)45-32(26-51)22-28-11-5-4-6-12-28)23-38(40)47(39)24-29-17-19-30(20-18-29)33-13-7-8-14-34(33)42(49)50-25-35-36(43)15-9-16-37(35)44/h4-9,11-21,23,32,51H,3,10,22,24-26H2,1-2H3,(H,45,48)/t32-/m1/s1. The van der Waals surface area contributed by atoms with Crippen LogP contribution in [0.25, 0.3) is 22.2 Å². The maximum atomic E-state index is 14.1. The fourth-order valence-corrected chi connectivity index (χ4v) is 6.48. The topological polar surface area (TPSA) is 73.2 Å². The molecule has 0 saturated heterocycles. The van der Waals surface area contributed by atoms with Crippen LogP contribution in [0.1, 0.15) is 62.1 Å². The van der Waals surface area contributed by atoms with Gasteiger partial charge in [-0.3, -0.25) is 4.79 Å². The molecule has 1 aromatic heterocycles. The van der Waals surface area contributed by atoms with Gasteiger partial charge in [0.15, 0.2) is 0 Å². The van der Waals surface area contributed by atoms with Gasteiger partial charge in [-0.1, -0.05) is 85.8 Å². The van der Waals surface area contributed by atoms with Gasteiger partial charge in [-0.15, -0.1) is 0 Å². The minimum absolute atomic E-state index is 0.125. The molecule has 1 N–H and O–H groups in total. The predicted molar refractivity (Wildman–Crippen MR) is 200 cm³/mol. The number of aryl methyl sites for hydroxylation is 2. The molecule has 0 spiro atoms. The van der Waals surface area contributed by atoms with Crippen molar-refractivity contribution in [1.82, 2.24) is 14.9 Å². The Balaban J connectivity index is 1.23. The highest BCUT2D eigenvalue weighted by molar-refractivity contribution is 7.80. The van der Waals surface area contributed by atoms with E-state index >= 15 is 0 Å². The van der Waals surface area contributed by atoms with E-state index in [-0.39, 0.29) is 23.1 Å². The van der Waals surface area contributed by atoms with Gasteiger partial charge in [-0.25, -0.2) is 18.6 Å². The highest BCUT2D eigenvalue weighted by Gasteiger charge is 2.20. The number of halogens is 2. The van der Waals surface area contributed by atoms with Crippen molar-refractivity contribution in [1.29, 1.82) is 0 Å². The maximum absolute atomic E-state index is 14.1. The van der Waals surface area contributed by atoms with Crippen molar-refractivity contribution in [3.05, 3.63) is 160 Å². The first kappa shape index (κ1) is 35.5. The highest BCUT2D eigenvalue weighted by atomic mass is 32.1. The number of thiol groups is 1. The molecular formula is C42H39F2N3O3S. The molecule has 0 aliphatic heterocycles. The van der Waals surface area contributed by atoms with Gasteiger partial charge in [0.05, 0.1) is 22.2 Å². The first-order valence-electron chi connectivity index (χ1n) is 17.0. The predicted octanol–water partition coefficient (Wildman–Crippen LogP) is 8.92. The van der Waals surface area contributed by atoms with E-state index in [2.05, 4.69) is 29.4 Å². The van der Waals surface area contributed by atoms with E-state index in [1.165, 1.54) is 6.07 Å². The zero-order valence-corrected chi connectivity index (χ0v) is 29.4. The number of nitrogens with one attached hydrogen (secondary N) is 1. The van der Waals surface area contributed by atoms with E-state index in [0.29, 0.717) is 29.8 Å². The Morgan fingerprint density at radius 1 is 0.882 bits per heavy atom. The van der Waals surface area contributed by atoms with Crippen LogP contribution >= 0.6 is 12.6 Å². The Morgan fingerprint density at radius 3 is 2.29 bits per heavy atom. The molecule has 6 aromatic rings. The van der Waals surface area contributed by atoms with Crippen LogP contribution in [0.4, 0.5) is 8.78 Å². The first-order valence-corrected chi connectivity index (χ1v) is 17.6. The lowest BCUT2D eigenvalue weighted by molar-refractivity contribution is 0.0465. The van der Waals surface area contributed by atoms with E-state index in [4.69, 9.17) is 9.72 Å². The minimum atomic E-state index is -0.768. The molecule has 1 amide bonds. The fourth-order valence-electron chi connectivity index (χ4n) is 6.26. The molecule has 0 fully saturated rings. The summed E-state index contributed by atoms with van der Waals surface area (Å²) in [5.41, 5.74) is 6.82. The third-order valence-electron chi connectivity index (χ3n) is 8.90. The largest absolute Gasteiger partial charge is 0.457 e. The quantitative estimate of drug-likeness (QED) is 0.0931. The molecular weight excluding hydrogens is 665 g/mol. The number of ether oxygens (including phenoxy) is 1. The number of nitrogens with zero attached hydrogens (tertiary/aromatic N) is 2. The van der Waals surface area contributed by atoms with Gasteiger partial charge in [0.2, 0.25) is 0 Å². The number of benzene rings is 5. The Bertz CT molecular complexity index is 2150. The van der Waals surface area contributed by atoms with Crippen LogP contribution in [-0.4, -0.2) is 33.2 Å². The molecule has 6 nitrogen and oxygen atoms in total. The zero-order valence-electron chi connectivity index (χ0n) is 28.5. The zero-order chi connectivity index (χ0) is 35.9. The van der Waals surface area contributed by atoms with Crippen LogP contribution < -0.4 is 5.32 Å². The number of rotatable bonds is 13. The summed E-state index contributed by atoms with van der Waals surface area (Å²) in [6.45, 7) is 4.11. The number of aromatic nitrogens is 2. The SMILES string of the molecule is CCCc1nc2c(C)cc(C(=O)N[C@@H](CS)Cc3ccccc3)cc2n1Cc1ccc(-c2ccccc2C(=O)OCc2c(F)cccc2F)cc1. The maximum Gasteiger partial charge on any atom is 0.339 e. The number of carbonyl (C=O) groups is 2. The van der Waals surface area contributed by atoms with Gasteiger partial charge in [-0.2, -0.15) is 12.6 Å². The molecule has 51 heavy (non-hydrogen) atoms. The average molecular weight is 704 g/mol. The monoisotopic (exact) mass is 703 g/mol. The Hall–Kier alpha value is -5.28. The van der Waals surface area contributed by atoms with Gasteiger partial charge >= 0.3 is 5.97 Å². The summed E-state index contributed by atoms with van der Waals surface area (Å²) in [4.78, 5) is 31.6. The molecule has 6 rings (SSSR count). The summed E-state index contributed by atoms with van der Waals surface area (Å²) >= 11 is 4.51. The molecule has 0 unspecified atom stereocenters. The van der Waals surface area contributed by atoms with Gasteiger partial charge in [0.25, 0.3) is 5.91 Å². The van der Waals surface area contributed by atoms with Crippen LogP contribution in [0.2, 0.25) is 0 Å². The van der Waals surface area contributed by atoms with Crippen molar-refractivity contribution in [2.75, 3.05) is 5.75 Å². The van der Waals surface area contributed by atoms with Gasteiger partial charge in [0.1, 0.15) is 24.1 Å². The average Bonchev–Trinajstić information content (AvgIpc) is 3.48. The van der Waals surface area contributed by atoms with Crippen LogP contribution in [0.15, 0.2) is 109 Å². The number of esters is 1. The van der Waals surface area contributed by atoms with Crippen molar-refractivity contribution < 1.29 is 23.1 Å². The van der Waals surface area contributed by atoms with Gasteiger partial charge in [-0.05, 0) is 77.9 Å². The van der Waals surface area contributed by atoms with Gasteiger partial charge in [0, 0.05) is 30.3 Å². The second kappa shape index (κ2) is 16.2. The third-order valence-corrected chi connectivity index (χ3v) is 9.34. The van der Waals surface area contributed by atoms with E-state index in [1.54, 1.807) is 12.1 Å². The normalized spacial score (nSPS) is 11.8. The summed E-state index contributed by atoms with van der Waals surface area (Å²) in [7, 11) is 0. The molecule has 0 bridgehead atoms. The molecule has 1 atom stereocenters. The number of hydrogen-bond donors (Lipinski definition) is 2. The Morgan fingerprint density at radius 2 is 1.59 bits per heavy atom. The summed E-state index contributed by atoms with van der Waals surface area (Å²) in [6.07, 6.45) is 2.37. The molecule has 0 saturated carbocycles. The lowest BCUT2D eigenvalue weighted by Gasteiger charge is -2.17. The number of fused-ring (bicyclic) bond motifs is 1. The van der Waals surface area contributed by atoms with Crippen molar-refractivity contribution in [2.24, 2.45) is 0 Å². The lowest BCUT2D eigenvalue weighted by Crippen LogP contribution is -2.37. The van der Waals surface area contributed by atoms with Crippen molar-refractivity contribution in [3.63, 3.8) is 0 Å². The summed E-state index contributed by atoms with van der Waals surface area (Å²) < 4.78 is 35.7. The lowest BCUT2D eigenvalue weighted by atomic mass is 9.98. The number of imidazole rings is 1.